The van der Waals surface area contributed by atoms with Gasteiger partial charge < -0.3 is 9.63 Å². The Morgan fingerprint density at radius 1 is 1.52 bits per heavy atom. The number of carboxylic acids is 1. The summed E-state index contributed by atoms with van der Waals surface area (Å²) in [7, 11) is 1.67. The lowest BCUT2D eigenvalue weighted by Crippen LogP contribution is -2.31. The zero-order chi connectivity index (χ0) is 16.6. The van der Waals surface area contributed by atoms with Gasteiger partial charge in [-0.3, -0.25) is 9.69 Å². The largest absolute Gasteiger partial charge is 0.480 e. The van der Waals surface area contributed by atoms with Crippen LogP contribution in [0.2, 0.25) is 0 Å². The molecular formula is C16H18FN3O3. The number of hydrogen-bond donors (Lipinski definition) is 1. The Morgan fingerprint density at radius 3 is 2.87 bits per heavy atom. The number of halogens is 1. The first-order valence-corrected chi connectivity index (χ1v) is 7.47. The van der Waals surface area contributed by atoms with Gasteiger partial charge in [0.05, 0.1) is 6.54 Å². The van der Waals surface area contributed by atoms with Crippen LogP contribution in [0, 0.1) is 12.7 Å². The minimum absolute atomic E-state index is 0.240. The number of hydrogen-bond acceptors (Lipinski definition) is 5. The molecule has 23 heavy (non-hydrogen) atoms. The number of aromatic nitrogens is 2. The molecule has 0 saturated heterocycles. The van der Waals surface area contributed by atoms with E-state index in [1.165, 1.54) is 12.1 Å². The van der Waals surface area contributed by atoms with E-state index in [9.17, 15) is 14.3 Å². The van der Waals surface area contributed by atoms with Crippen molar-refractivity contribution in [2.24, 2.45) is 0 Å². The van der Waals surface area contributed by atoms with E-state index in [-0.39, 0.29) is 12.4 Å². The number of aliphatic carboxylic acids is 1. The summed E-state index contributed by atoms with van der Waals surface area (Å²) in [4.78, 5) is 17.6. The summed E-state index contributed by atoms with van der Waals surface area (Å²) >= 11 is 0. The summed E-state index contributed by atoms with van der Waals surface area (Å²) in [6, 6.07) is 3.42. The molecule has 1 fully saturated rings. The summed E-state index contributed by atoms with van der Waals surface area (Å²) in [6.07, 6.45) is 2.12. The van der Waals surface area contributed by atoms with Gasteiger partial charge >= 0.3 is 5.97 Å². The van der Waals surface area contributed by atoms with Crippen LogP contribution in [0.1, 0.15) is 47.6 Å². The highest BCUT2D eigenvalue weighted by atomic mass is 19.1. The summed E-state index contributed by atoms with van der Waals surface area (Å²) < 4.78 is 18.6. The van der Waals surface area contributed by atoms with Crippen LogP contribution in [0.4, 0.5) is 4.39 Å². The Morgan fingerprint density at radius 2 is 2.26 bits per heavy atom. The van der Waals surface area contributed by atoms with E-state index in [0.717, 1.165) is 12.8 Å². The molecule has 7 heteroatoms. The second kappa shape index (κ2) is 6.08. The molecule has 0 aliphatic heterocycles. The van der Waals surface area contributed by atoms with Crippen LogP contribution in [-0.2, 0) is 11.3 Å². The molecule has 1 aliphatic rings. The van der Waals surface area contributed by atoms with Crippen molar-refractivity contribution in [3.05, 3.63) is 46.9 Å². The van der Waals surface area contributed by atoms with Gasteiger partial charge in [-0.05, 0) is 44.0 Å². The Bertz CT molecular complexity index is 727. The maximum absolute atomic E-state index is 13.4. The van der Waals surface area contributed by atoms with E-state index in [1.807, 2.05) is 0 Å². The lowest BCUT2D eigenvalue weighted by molar-refractivity contribution is -0.143. The van der Waals surface area contributed by atoms with Crippen LogP contribution in [-0.4, -0.2) is 33.2 Å². The molecule has 1 atom stereocenters. The maximum atomic E-state index is 13.4. The van der Waals surface area contributed by atoms with Crippen LogP contribution in [0.15, 0.2) is 22.7 Å². The van der Waals surface area contributed by atoms with Crippen molar-refractivity contribution in [2.75, 3.05) is 7.05 Å². The van der Waals surface area contributed by atoms with E-state index in [1.54, 1.807) is 24.9 Å². The maximum Gasteiger partial charge on any atom is 0.325 e. The highest BCUT2D eigenvalue weighted by Crippen LogP contribution is 2.38. The first kappa shape index (κ1) is 15.6. The first-order chi connectivity index (χ1) is 11.0. The van der Waals surface area contributed by atoms with Crippen molar-refractivity contribution in [3.8, 4) is 0 Å². The highest BCUT2D eigenvalue weighted by Gasteiger charge is 2.31. The molecule has 1 saturated carbocycles. The third kappa shape index (κ3) is 3.39. The molecule has 0 spiro atoms. The van der Waals surface area contributed by atoms with Crippen LogP contribution in [0.5, 0.6) is 0 Å². The summed E-state index contributed by atoms with van der Waals surface area (Å²) in [5.74, 6) is 0.0752. The third-order valence-corrected chi connectivity index (χ3v) is 3.97. The molecule has 1 N–H and O–H groups in total. The Labute approximate surface area is 132 Å². The predicted octanol–water partition coefficient (Wildman–Crippen LogP) is 2.65. The van der Waals surface area contributed by atoms with E-state index >= 15 is 0 Å². The first-order valence-electron chi connectivity index (χ1n) is 7.47. The van der Waals surface area contributed by atoms with Crippen molar-refractivity contribution in [2.45, 2.75) is 38.3 Å². The molecule has 2 aromatic rings. The van der Waals surface area contributed by atoms with Crippen LogP contribution in [0.3, 0.4) is 0 Å². The minimum Gasteiger partial charge on any atom is -0.480 e. The molecule has 0 radical (unpaired) electrons. The number of carbonyl (C=O) groups is 1. The molecule has 0 unspecified atom stereocenters. The quantitative estimate of drug-likeness (QED) is 0.882. The van der Waals surface area contributed by atoms with E-state index < -0.39 is 12.0 Å². The summed E-state index contributed by atoms with van der Waals surface area (Å²) in [5.41, 5.74) is 0.933. The monoisotopic (exact) mass is 319 g/mol. The molecule has 3 rings (SSSR count). The number of aryl methyl sites for hydroxylation is 1. The van der Waals surface area contributed by atoms with Crippen molar-refractivity contribution in [1.82, 2.24) is 15.0 Å². The van der Waals surface area contributed by atoms with Crippen LogP contribution in [0.25, 0.3) is 0 Å². The average Bonchev–Trinajstić information content (AvgIpc) is 3.23. The Balaban J connectivity index is 1.78. The molecule has 0 bridgehead atoms. The third-order valence-electron chi connectivity index (χ3n) is 3.97. The highest BCUT2D eigenvalue weighted by molar-refractivity contribution is 5.75. The number of benzene rings is 1. The topological polar surface area (TPSA) is 79.5 Å². The van der Waals surface area contributed by atoms with Gasteiger partial charge in [0, 0.05) is 5.92 Å². The van der Waals surface area contributed by atoms with Gasteiger partial charge in [-0.2, -0.15) is 4.98 Å². The molecule has 122 valence electrons. The van der Waals surface area contributed by atoms with E-state index in [4.69, 9.17) is 4.52 Å². The predicted molar refractivity (Wildman–Crippen MR) is 79.3 cm³/mol. The standard InChI is InChI=1S/C16H18FN3O3/c1-9-7-11(5-6-12(9)17)14(16(21)22)20(2)8-13-18-15(23-19-13)10-3-4-10/h5-7,10,14H,3-4,8H2,1-2H3,(H,21,22)/t14-/m0/s1. The molecule has 1 aromatic carbocycles. The second-order valence-corrected chi connectivity index (χ2v) is 5.99. The van der Waals surface area contributed by atoms with E-state index in [0.29, 0.717) is 28.8 Å². The fourth-order valence-electron chi connectivity index (χ4n) is 2.57. The molecule has 1 aliphatic carbocycles. The van der Waals surface area contributed by atoms with Gasteiger partial charge in [0.1, 0.15) is 11.9 Å². The normalized spacial score (nSPS) is 15.8. The Kier molecular flexibility index (Phi) is 4.12. The SMILES string of the molecule is Cc1cc([C@@H](C(=O)O)N(C)Cc2noc(C3CC3)n2)ccc1F. The van der Waals surface area contributed by atoms with Gasteiger partial charge in [0.2, 0.25) is 5.89 Å². The number of nitrogens with zero attached hydrogens (tertiary/aromatic N) is 3. The second-order valence-electron chi connectivity index (χ2n) is 5.99. The Hall–Kier alpha value is -2.28. The lowest BCUT2D eigenvalue weighted by Gasteiger charge is -2.24. The average molecular weight is 319 g/mol. The van der Waals surface area contributed by atoms with Crippen LogP contribution < -0.4 is 0 Å². The number of carboxylic acid groups (broad SMARTS) is 1. The fourth-order valence-corrected chi connectivity index (χ4v) is 2.57. The van der Waals surface area contributed by atoms with Crippen molar-refractivity contribution in [3.63, 3.8) is 0 Å². The number of rotatable bonds is 6. The van der Waals surface area contributed by atoms with Gasteiger partial charge in [0.25, 0.3) is 0 Å². The van der Waals surface area contributed by atoms with Gasteiger partial charge in [0.15, 0.2) is 5.82 Å². The van der Waals surface area contributed by atoms with Gasteiger partial charge in [-0.15, -0.1) is 0 Å². The van der Waals surface area contributed by atoms with E-state index in [2.05, 4.69) is 10.1 Å². The lowest BCUT2D eigenvalue weighted by atomic mass is 10.0. The van der Waals surface area contributed by atoms with Crippen LogP contribution >= 0.6 is 0 Å². The van der Waals surface area contributed by atoms with Gasteiger partial charge in [-0.25, -0.2) is 4.39 Å². The summed E-state index contributed by atoms with van der Waals surface area (Å²) in [5, 5.41) is 13.4. The molecule has 1 aromatic heterocycles. The summed E-state index contributed by atoms with van der Waals surface area (Å²) in [6.45, 7) is 1.85. The zero-order valence-corrected chi connectivity index (χ0v) is 13.0. The molecule has 1 heterocycles. The van der Waals surface area contributed by atoms with Crippen molar-refractivity contribution < 1.29 is 18.8 Å². The molecule has 6 nitrogen and oxygen atoms in total. The van der Waals surface area contributed by atoms with Gasteiger partial charge in [-0.1, -0.05) is 17.3 Å². The minimum atomic E-state index is -1.01. The zero-order valence-electron chi connectivity index (χ0n) is 13.0. The number of likely N-dealkylation sites (N-methyl/N-ethyl adjacent to an activating group) is 1. The fraction of sp³-hybridized carbons (Fsp3) is 0.438. The van der Waals surface area contributed by atoms with Crippen molar-refractivity contribution >= 4 is 5.97 Å². The molecule has 0 amide bonds. The molecular weight excluding hydrogens is 301 g/mol. The van der Waals surface area contributed by atoms with Crippen molar-refractivity contribution in [1.29, 1.82) is 0 Å². The smallest absolute Gasteiger partial charge is 0.325 e.